The molecule has 0 bridgehead atoms. The fourth-order valence-electron chi connectivity index (χ4n) is 1.92. The molecule has 1 aromatic heterocycles. The molecule has 7 heteroatoms. The van der Waals surface area contributed by atoms with Gasteiger partial charge in [0.25, 0.3) is 6.47 Å². The summed E-state index contributed by atoms with van der Waals surface area (Å²) < 4.78 is 4.79. The molecule has 1 fully saturated rings. The van der Waals surface area contributed by atoms with Crippen LogP contribution in [0.3, 0.4) is 0 Å². The Labute approximate surface area is 109 Å². The van der Waals surface area contributed by atoms with Crippen LogP contribution in [0, 0.1) is 0 Å². The monoisotopic (exact) mass is 269 g/mol. The van der Waals surface area contributed by atoms with Crippen LogP contribution in [0.1, 0.15) is 18.0 Å². The van der Waals surface area contributed by atoms with Gasteiger partial charge in [-0.05, 0) is 12.1 Å². The van der Waals surface area contributed by atoms with Gasteiger partial charge in [-0.3, -0.25) is 20.0 Å². The molecule has 2 heterocycles. The van der Waals surface area contributed by atoms with E-state index in [-0.39, 0.29) is 24.5 Å². The highest BCUT2D eigenvalue weighted by Crippen LogP contribution is 2.27. The predicted molar refractivity (Wildman–Crippen MR) is 63.7 cm³/mol. The van der Waals surface area contributed by atoms with Gasteiger partial charge in [0.1, 0.15) is 6.61 Å². The summed E-state index contributed by atoms with van der Waals surface area (Å²) in [4.78, 5) is 25.7. The molecule has 6 nitrogen and oxygen atoms in total. The van der Waals surface area contributed by atoms with Crippen LogP contribution in [0.2, 0.25) is 5.02 Å². The third-order valence-corrected chi connectivity index (χ3v) is 3.09. The van der Waals surface area contributed by atoms with Crippen LogP contribution in [-0.4, -0.2) is 30.0 Å². The number of halogens is 1. The number of carbonyl (C=O) groups excluding carboxylic acids is 2. The Morgan fingerprint density at radius 2 is 2.50 bits per heavy atom. The number of aromatic nitrogens is 1. The maximum atomic E-state index is 11.2. The second-order valence-electron chi connectivity index (χ2n) is 3.91. The zero-order chi connectivity index (χ0) is 13.0. The quantitative estimate of drug-likeness (QED) is 0.756. The van der Waals surface area contributed by atoms with E-state index in [4.69, 9.17) is 16.3 Å². The van der Waals surface area contributed by atoms with Gasteiger partial charge in [-0.15, -0.1) is 0 Å². The van der Waals surface area contributed by atoms with Crippen molar-refractivity contribution in [1.82, 2.24) is 15.8 Å². The number of amides is 1. The number of hydrazine groups is 1. The number of carbonyl (C=O) groups is 2. The Balaban J connectivity index is 2.22. The zero-order valence-corrected chi connectivity index (χ0v) is 10.2. The second-order valence-corrected chi connectivity index (χ2v) is 4.32. The molecule has 2 rings (SSSR count). The van der Waals surface area contributed by atoms with Gasteiger partial charge in [-0.25, -0.2) is 5.43 Å². The van der Waals surface area contributed by atoms with Crippen molar-refractivity contribution in [2.75, 3.05) is 6.61 Å². The lowest BCUT2D eigenvalue weighted by atomic mass is 9.95. The van der Waals surface area contributed by atoms with Crippen LogP contribution < -0.4 is 10.9 Å². The third kappa shape index (κ3) is 2.77. The van der Waals surface area contributed by atoms with E-state index in [1.807, 2.05) is 0 Å². The number of rotatable bonds is 5. The molecule has 2 N–H and O–H groups in total. The summed E-state index contributed by atoms with van der Waals surface area (Å²) in [5, 5.41) is 0.484. The first-order valence-corrected chi connectivity index (χ1v) is 5.80. The van der Waals surface area contributed by atoms with E-state index in [0.29, 0.717) is 23.6 Å². The molecule has 1 aromatic rings. The summed E-state index contributed by atoms with van der Waals surface area (Å²) in [6, 6.07) is 3.22. The predicted octanol–water partition coefficient (Wildman–Crippen LogP) is 0.385. The van der Waals surface area contributed by atoms with Gasteiger partial charge in [-0.2, -0.15) is 0 Å². The number of nitrogens with zero attached hydrogens (tertiary/aromatic N) is 1. The smallest absolute Gasteiger partial charge is 0.293 e. The Bertz CT molecular complexity index is 455. The summed E-state index contributed by atoms with van der Waals surface area (Å²) >= 11 is 6.07. The number of ether oxygens (including phenoxy) is 1. The molecule has 96 valence electrons. The van der Waals surface area contributed by atoms with E-state index in [9.17, 15) is 9.59 Å². The van der Waals surface area contributed by atoms with E-state index < -0.39 is 0 Å². The van der Waals surface area contributed by atoms with Crippen molar-refractivity contribution in [3.63, 3.8) is 0 Å². The minimum absolute atomic E-state index is 0.108. The number of pyridine rings is 1. The molecule has 0 aromatic carbocycles. The molecule has 1 aliphatic rings. The van der Waals surface area contributed by atoms with Crippen LogP contribution in [0.5, 0.6) is 0 Å². The van der Waals surface area contributed by atoms with E-state index in [1.54, 1.807) is 18.3 Å². The first-order chi connectivity index (χ1) is 8.72. The Kier molecular flexibility index (Phi) is 4.11. The lowest BCUT2D eigenvalue weighted by Crippen LogP contribution is -2.37. The first kappa shape index (κ1) is 12.8. The highest BCUT2D eigenvalue weighted by Gasteiger charge is 2.32. The van der Waals surface area contributed by atoms with Gasteiger partial charge in [0.15, 0.2) is 0 Å². The van der Waals surface area contributed by atoms with Gasteiger partial charge in [0, 0.05) is 18.7 Å². The molecule has 2 atom stereocenters. The Morgan fingerprint density at radius 1 is 1.67 bits per heavy atom. The standard InChI is InChI=1S/C11H12ClN3O3/c12-8-2-1-3-13-11(8)7(5-18-6-16)9-4-10(17)15-14-9/h1-3,6-7,9,14H,4-5H2,(H,15,17). The molecule has 0 aliphatic carbocycles. The summed E-state index contributed by atoms with van der Waals surface area (Å²) in [5.41, 5.74) is 5.97. The molecular weight excluding hydrogens is 258 g/mol. The lowest BCUT2D eigenvalue weighted by molar-refractivity contribution is -0.129. The largest absolute Gasteiger partial charge is 0.467 e. The maximum absolute atomic E-state index is 11.2. The zero-order valence-electron chi connectivity index (χ0n) is 9.43. The van der Waals surface area contributed by atoms with Gasteiger partial charge in [0.2, 0.25) is 5.91 Å². The molecule has 0 saturated carbocycles. The number of nitrogens with one attached hydrogen (secondary N) is 2. The number of hydrogen-bond acceptors (Lipinski definition) is 5. The minimum Gasteiger partial charge on any atom is -0.467 e. The Hall–Kier alpha value is -1.66. The number of hydrogen-bond donors (Lipinski definition) is 2. The van der Waals surface area contributed by atoms with Crippen LogP contribution >= 0.6 is 11.6 Å². The van der Waals surface area contributed by atoms with Crippen molar-refractivity contribution in [3.8, 4) is 0 Å². The topological polar surface area (TPSA) is 80.3 Å². The highest BCUT2D eigenvalue weighted by atomic mass is 35.5. The van der Waals surface area contributed by atoms with Crippen LogP contribution in [0.4, 0.5) is 0 Å². The van der Waals surface area contributed by atoms with E-state index in [0.717, 1.165) is 0 Å². The summed E-state index contributed by atoms with van der Waals surface area (Å²) in [5.74, 6) is -0.383. The molecular formula is C11H12ClN3O3. The van der Waals surface area contributed by atoms with Gasteiger partial charge < -0.3 is 4.74 Å². The van der Waals surface area contributed by atoms with Gasteiger partial charge in [0.05, 0.1) is 16.6 Å². The van der Waals surface area contributed by atoms with Crippen molar-refractivity contribution in [2.24, 2.45) is 0 Å². The highest BCUT2D eigenvalue weighted by molar-refractivity contribution is 6.31. The average molecular weight is 270 g/mol. The normalized spacial score (nSPS) is 20.3. The SMILES string of the molecule is O=COCC(c1ncccc1Cl)C1CC(=O)NN1. The summed E-state index contributed by atoms with van der Waals surface area (Å²) in [7, 11) is 0. The van der Waals surface area contributed by atoms with Crippen LogP contribution in [0.25, 0.3) is 0 Å². The third-order valence-electron chi connectivity index (χ3n) is 2.77. The fourth-order valence-corrected chi connectivity index (χ4v) is 2.18. The molecule has 1 saturated heterocycles. The summed E-state index contributed by atoms with van der Waals surface area (Å²) in [6.07, 6.45) is 1.90. The first-order valence-electron chi connectivity index (χ1n) is 5.42. The molecule has 1 aliphatic heterocycles. The van der Waals surface area contributed by atoms with Gasteiger partial charge in [-0.1, -0.05) is 11.6 Å². The van der Waals surface area contributed by atoms with Crippen LogP contribution in [-0.2, 0) is 14.3 Å². The van der Waals surface area contributed by atoms with Crippen LogP contribution in [0.15, 0.2) is 18.3 Å². The molecule has 18 heavy (non-hydrogen) atoms. The Morgan fingerprint density at radius 3 is 3.11 bits per heavy atom. The van der Waals surface area contributed by atoms with E-state index >= 15 is 0 Å². The van der Waals surface area contributed by atoms with Crippen molar-refractivity contribution in [1.29, 1.82) is 0 Å². The minimum atomic E-state index is -0.275. The maximum Gasteiger partial charge on any atom is 0.293 e. The van der Waals surface area contributed by atoms with E-state index in [2.05, 4.69) is 15.8 Å². The molecule has 1 amide bonds. The lowest BCUT2D eigenvalue weighted by Gasteiger charge is -2.21. The molecule has 0 radical (unpaired) electrons. The molecule has 2 unspecified atom stereocenters. The van der Waals surface area contributed by atoms with Crippen molar-refractivity contribution in [3.05, 3.63) is 29.0 Å². The van der Waals surface area contributed by atoms with E-state index in [1.165, 1.54) is 0 Å². The summed E-state index contributed by atoms with van der Waals surface area (Å²) in [6.45, 7) is 0.487. The van der Waals surface area contributed by atoms with Crippen molar-refractivity contribution < 1.29 is 14.3 Å². The second kappa shape index (κ2) is 5.79. The van der Waals surface area contributed by atoms with Gasteiger partial charge >= 0.3 is 0 Å². The van der Waals surface area contributed by atoms with Crippen molar-refractivity contribution >= 4 is 24.0 Å². The fraction of sp³-hybridized carbons (Fsp3) is 0.364. The molecule has 0 spiro atoms. The average Bonchev–Trinajstić information content (AvgIpc) is 2.78. The van der Waals surface area contributed by atoms with Crippen molar-refractivity contribution in [2.45, 2.75) is 18.4 Å².